The van der Waals surface area contributed by atoms with E-state index in [1.54, 1.807) is 13.8 Å². The van der Waals surface area contributed by atoms with Crippen LogP contribution in [-0.2, 0) is 0 Å². The Morgan fingerprint density at radius 2 is 2.10 bits per heavy atom. The third-order valence-corrected chi connectivity index (χ3v) is 3.50. The minimum absolute atomic E-state index is 0.0645. The van der Waals surface area contributed by atoms with Crippen LogP contribution in [0.15, 0.2) is 22.8 Å². The smallest absolute Gasteiger partial charge is 0.254 e. The Morgan fingerprint density at radius 3 is 2.70 bits per heavy atom. The minimum atomic E-state index is -0.654. The van der Waals surface area contributed by atoms with E-state index in [1.165, 1.54) is 12.3 Å². The van der Waals surface area contributed by atoms with Gasteiger partial charge in [-0.2, -0.15) is 4.39 Å². The van der Waals surface area contributed by atoms with Crippen molar-refractivity contribution in [2.75, 3.05) is 0 Å². The van der Waals surface area contributed by atoms with E-state index in [0.29, 0.717) is 21.5 Å². The zero-order valence-electron chi connectivity index (χ0n) is 10.8. The molecule has 2 aromatic heterocycles. The van der Waals surface area contributed by atoms with Gasteiger partial charge in [-0.15, -0.1) is 0 Å². The van der Waals surface area contributed by atoms with Crippen LogP contribution in [-0.4, -0.2) is 15.9 Å². The maximum atomic E-state index is 12.9. The predicted molar refractivity (Wildman–Crippen MR) is 74.2 cm³/mol. The predicted octanol–water partition coefficient (Wildman–Crippen LogP) is 2.89. The average molecular weight is 340 g/mol. The van der Waals surface area contributed by atoms with Gasteiger partial charge < -0.3 is 10.5 Å². The number of aryl methyl sites for hydroxylation is 1. The van der Waals surface area contributed by atoms with Crippen molar-refractivity contribution < 1.29 is 13.9 Å². The number of nitrogens with zero attached hydrogens (tertiary/aromatic N) is 2. The molecule has 0 fully saturated rings. The number of carbonyl (C=O) groups is 1. The van der Waals surface area contributed by atoms with Crippen molar-refractivity contribution in [2.24, 2.45) is 5.73 Å². The fourth-order valence-electron chi connectivity index (χ4n) is 1.65. The molecular formula is C13H11BrFN3O2. The topological polar surface area (TPSA) is 78.1 Å². The molecule has 2 rings (SSSR count). The van der Waals surface area contributed by atoms with Gasteiger partial charge in [0.1, 0.15) is 5.56 Å². The molecule has 2 N–H and O–H groups in total. The Balaban J connectivity index is 2.48. The first-order chi connectivity index (χ1) is 9.40. The molecule has 20 heavy (non-hydrogen) atoms. The van der Waals surface area contributed by atoms with Gasteiger partial charge in [0.25, 0.3) is 5.91 Å². The SMILES string of the molecule is Cc1nc(F)ccc1Oc1ncc(Br)c(C)c1C(N)=O. The van der Waals surface area contributed by atoms with E-state index >= 15 is 0 Å². The van der Waals surface area contributed by atoms with Crippen molar-refractivity contribution in [3.63, 3.8) is 0 Å². The maximum absolute atomic E-state index is 12.9. The van der Waals surface area contributed by atoms with Gasteiger partial charge >= 0.3 is 0 Å². The van der Waals surface area contributed by atoms with Gasteiger partial charge in [-0.1, -0.05) is 0 Å². The zero-order chi connectivity index (χ0) is 14.9. The third kappa shape index (κ3) is 2.77. The number of nitrogens with two attached hydrogens (primary N) is 1. The molecule has 1 amide bonds. The van der Waals surface area contributed by atoms with Crippen LogP contribution in [0.25, 0.3) is 0 Å². The second-order valence-electron chi connectivity index (χ2n) is 4.10. The Bertz CT molecular complexity index is 692. The maximum Gasteiger partial charge on any atom is 0.254 e. The summed E-state index contributed by atoms with van der Waals surface area (Å²) in [5.74, 6) is -0.887. The van der Waals surface area contributed by atoms with E-state index in [1.807, 2.05) is 0 Å². The number of rotatable bonds is 3. The highest BCUT2D eigenvalue weighted by Gasteiger charge is 2.18. The standard InChI is InChI=1S/C13H11BrFN3O2/c1-6-8(14)5-17-13(11(6)12(16)19)20-9-3-4-10(15)18-7(9)2/h3-5H,1-2H3,(H2,16,19). The second kappa shape index (κ2) is 5.54. The Morgan fingerprint density at radius 1 is 1.40 bits per heavy atom. The summed E-state index contributed by atoms with van der Waals surface area (Å²) in [4.78, 5) is 19.2. The summed E-state index contributed by atoms with van der Waals surface area (Å²) in [6.45, 7) is 3.31. The van der Waals surface area contributed by atoms with E-state index in [0.717, 1.165) is 6.07 Å². The summed E-state index contributed by atoms with van der Waals surface area (Å²) in [5, 5.41) is 0. The quantitative estimate of drug-likeness (QED) is 0.872. The van der Waals surface area contributed by atoms with Crippen molar-refractivity contribution in [3.8, 4) is 11.6 Å². The Kier molecular flexibility index (Phi) is 3.99. The van der Waals surface area contributed by atoms with E-state index < -0.39 is 11.9 Å². The lowest BCUT2D eigenvalue weighted by atomic mass is 10.1. The number of primary amides is 1. The number of ether oxygens (including phenoxy) is 1. The van der Waals surface area contributed by atoms with Crippen molar-refractivity contribution in [1.82, 2.24) is 9.97 Å². The van der Waals surface area contributed by atoms with Crippen LogP contribution in [0.1, 0.15) is 21.6 Å². The highest BCUT2D eigenvalue weighted by atomic mass is 79.9. The molecule has 0 unspecified atom stereocenters. The number of aromatic nitrogens is 2. The minimum Gasteiger partial charge on any atom is -0.436 e. The lowest BCUT2D eigenvalue weighted by molar-refractivity contribution is 0.0996. The molecule has 0 aromatic carbocycles. The fraction of sp³-hybridized carbons (Fsp3) is 0.154. The van der Waals surface area contributed by atoms with Crippen molar-refractivity contribution in [3.05, 3.63) is 45.6 Å². The second-order valence-corrected chi connectivity index (χ2v) is 4.95. The van der Waals surface area contributed by atoms with Gasteiger partial charge in [0.05, 0.1) is 5.69 Å². The van der Waals surface area contributed by atoms with Gasteiger partial charge in [-0.25, -0.2) is 9.97 Å². The van der Waals surface area contributed by atoms with E-state index in [2.05, 4.69) is 25.9 Å². The summed E-state index contributed by atoms with van der Waals surface area (Å²) in [6, 6.07) is 2.58. The molecule has 5 nitrogen and oxygen atoms in total. The first kappa shape index (κ1) is 14.4. The van der Waals surface area contributed by atoms with Crippen LogP contribution in [0.3, 0.4) is 0 Å². The summed E-state index contributed by atoms with van der Waals surface area (Å²) < 4.78 is 19.1. The van der Waals surface area contributed by atoms with Gasteiger partial charge in [0.15, 0.2) is 5.75 Å². The number of hydrogen-bond donors (Lipinski definition) is 1. The lowest BCUT2D eigenvalue weighted by Gasteiger charge is -2.12. The molecule has 0 aliphatic carbocycles. The number of hydrogen-bond acceptors (Lipinski definition) is 4. The van der Waals surface area contributed by atoms with Crippen LogP contribution in [0, 0.1) is 19.8 Å². The molecule has 2 heterocycles. The van der Waals surface area contributed by atoms with Crippen molar-refractivity contribution in [1.29, 1.82) is 0 Å². The zero-order valence-corrected chi connectivity index (χ0v) is 12.4. The molecule has 0 aliphatic heterocycles. The molecule has 104 valence electrons. The van der Waals surface area contributed by atoms with Gasteiger partial charge in [0, 0.05) is 10.7 Å². The van der Waals surface area contributed by atoms with Gasteiger partial charge in [-0.3, -0.25) is 4.79 Å². The van der Waals surface area contributed by atoms with Crippen molar-refractivity contribution in [2.45, 2.75) is 13.8 Å². The highest BCUT2D eigenvalue weighted by molar-refractivity contribution is 9.10. The monoisotopic (exact) mass is 339 g/mol. The van der Waals surface area contributed by atoms with Crippen LogP contribution >= 0.6 is 15.9 Å². The van der Waals surface area contributed by atoms with E-state index in [-0.39, 0.29) is 11.4 Å². The summed E-state index contributed by atoms with van der Waals surface area (Å²) >= 11 is 3.27. The lowest BCUT2D eigenvalue weighted by Crippen LogP contribution is -2.15. The third-order valence-electron chi connectivity index (χ3n) is 2.70. The average Bonchev–Trinajstić information content (AvgIpc) is 2.36. The van der Waals surface area contributed by atoms with Crippen molar-refractivity contribution >= 4 is 21.8 Å². The summed E-state index contributed by atoms with van der Waals surface area (Å²) in [6.07, 6.45) is 1.50. The normalized spacial score (nSPS) is 10.4. The van der Waals surface area contributed by atoms with Gasteiger partial charge in [-0.05, 0) is 47.5 Å². The first-order valence-corrected chi connectivity index (χ1v) is 6.45. The van der Waals surface area contributed by atoms with Gasteiger partial charge in [0.2, 0.25) is 11.8 Å². The molecule has 0 bridgehead atoms. The summed E-state index contributed by atoms with van der Waals surface area (Å²) in [7, 11) is 0. The van der Waals surface area contributed by atoms with E-state index in [4.69, 9.17) is 10.5 Å². The molecule has 0 radical (unpaired) electrons. The Labute approximate surface area is 123 Å². The fourth-order valence-corrected chi connectivity index (χ4v) is 1.95. The number of pyridine rings is 2. The van der Waals surface area contributed by atoms with E-state index in [9.17, 15) is 9.18 Å². The molecule has 0 spiro atoms. The Hall–Kier alpha value is -2.02. The largest absolute Gasteiger partial charge is 0.436 e. The summed E-state index contributed by atoms with van der Waals surface area (Å²) in [5.41, 5.74) is 6.48. The molecule has 0 saturated carbocycles. The number of halogens is 2. The number of carbonyl (C=O) groups excluding carboxylic acids is 1. The van der Waals surface area contributed by atoms with Crippen LogP contribution in [0.5, 0.6) is 11.6 Å². The van der Waals surface area contributed by atoms with Crippen LogP contribution in [0.2, 0.25) is 0 Å². The molecule has 0 saturated heterocycles. The molecular weight excluding hydrogens is 329 g/mol. The first-order valence-electron chi connectivity index (χ1n) is 5.66. The molecule has 0 aliphatic rings. The highest BCUT2D eigenvalue weighted by Crippen LogP contribution is 2.30. The number of amides is 1. The van der Waals surface area contributed by atoms with Crippen LogP contribution < -0.4 is 10.5 Å². The molecule has 7 heteroatoms. The van der Waals surface area contributed by atoms with Crippen LogP contribution in [0.4, 0.5) is 4.39 Å². The molecule has 2 aromatic rings. The molecule has 0 atom stereocenters.